The number of rotatable bonds is 3. The molecule has 0 amide bonds. The zero-order valence-corrected chi connectivity index (χ0v) is 14.6. The Kier molecular flexibility index (Phi) is 6.76. The minimum atomic E-state index is 0. The van der Waals surface area contributed by atoms with E-state index in [1.54, 1.807) is 0 Å². The molecule has 1 aromatic rings. The first-order valence-corrected chi connectivity index (χ1v) is 8.16. The summed E-state index contributed by atoms with van der Waals surface area (Å²) in [7, 11) is 0. The van der Waals surface area contributed by atoms with Crippen molar-refractivity contribution in [3.8, 4) is 0 Å². The molecule has 0 spiro atoms. The number of ether oxygens (including phenoxy) is 1. The van der Waals surface area contributed by atoms with E-state index in [2.05, 4.69) is 49.2 Å². The lowest BCUT2D eigenvalue weighted by Gasteiger charge is -2.33. The van der Waals surface area contributed by atoms with Crippen LogP contribution >= 0.6 is 28.3 Å². The van der Waals surface area contributed by atoms with Gasteiger partial charge in [-0.25, -0.2) is 0 Å². The summed E-state index contributed by atoms with van der Waals surface area (Å²) >= 11 is 3.61. The van der Waals surface area contributed by atoms with Crippen molar-refractivity contribution in [2.45, 2.75) is 6.54 Å². The maximum absolute atomic E-state index is 5.47. The number of piperazine rings is 1. The van der Waals surface area contributed by atoms with Gasteiger partial charge in [0, 0.05) is 56.0 Å². The molecule has 0 unspecified atom stereocenters. The van der Waals surface area contributed by atoms with Crippen LogP contribution in [0, 0.1) is 0 Å². The van der Waals surface area contributed by atoms with Gasteiger partial charge in [-0.05, 0) is 17.7 Å². The summed E-state index contributed by atoms with van der Waals surface area (Å²) < 4.78 is 6.62. The molecule has 0 bridgehead atoms. The Morgan fingerprint density at radius 1 is 1.10 bits per heavy atom. The number of nitrogens with zero attached hydrogens (tertiary/aromatic N) is 2. The smallest absolute Gasteiger partial charge is 0.0642 e. The summed E-state index contributed by atoms with van der Waals surface area (Å²) in [6, 6.07) is 6.67. The fourth-order valence-corrected chi connectivity index (χ4v) is 3.23. The van der Waals surface area contributed by atoms with Crippen LogP contribution in [0.2, 0.25) is 0 Å². The number of anilines is 1. The minimum absolute atomic E-state index is 0. The first-order chi connectivity index (χ1) is 9.83. The van der Waals surface area contributed by atoms with E-state index >= 15 is 0 Å². The van der Waals surface area contributed by atoms with Gasteiger partial charge < -0.3 is 15.0 Å². The molecule has 2 fully saturated rings. The van der Waals surface area contributed by atoms with Crippen LogP contribution in [0.5, 0.6) is 0 Å². The van der Waals surface area contributed by atoms with Crippen molar-refractivity contribution in [2.24, 2.45) is 0 Å². The number of hydrogen-bond donors (Lipinski definition) is 1. The first kappa shape index (κ1) is 17.0. The molecule has 6 heteroatoms. The standard InChI is InChI=1S/C15H22BrN3O.ClH/c16-14-2-1-13(12-18-5-3-17-4-6-18)15(11-14)19-7-9-20-10-8-19;/h1-2,11,17H,3-10,12H2;1H. The van der Waals surface area contributed by atoms with E-state index < -0.39 is 0 Å². The average molecular weight is 377 g/mol. The van der Waals surface area contributed by atoms with Crippen molar-refractivity contribution in [1.82, 2.24) is 10.2 Å². The second-order valence-corrected chi connectivity index (χ2v) is 6.31. The van der Waals surface area contributed by atoms with Crippen LogP contribution in [-0.2, 0) is 11.3 Å². The summed E-state index contributed by atoms with van der Waals surface area (Å²) in [5, 5.41) is 3.41. The molecule has 0 saturated carbocycles. The summed E-state index contributed by atoms with van der Waals surface area (Å²) in [6.07, 6.45) is 0. The van der Waals surface area contributed by atoms with E-state index in [0.717, 1.165) is 63.5 Å². The van der Waals surface area contributed by atoms with Gasteiger partial charge in [0.1, 0.15) is 0 Å². The number of hydrogen-bond acceptors (Lipinski definition) is 4. The second-order valence-electron chi connectivity index (χ2n) is 5.40. The molecular weight excluding hydrogens is 354 g/mol. The normalized spacial score (nSPS) is 20.1. The molecule has 2 aliphatic heterocycles. The molecule has 2 heterocycles. The Labute approximate surface area is 141 Å². The van der Waals surface area contributed by atoms with Gasteiger partial charge >= 0.3 is 0 Å². The number of benzene rings is 1. The molecule has 0 atom stereocenters. The lowest BCUT2D eigenvalue weighted by molar-refractivity contribution is 0.122. The van der Waals surface area contributed by atoms with Crippen molar-refractivity contribution in [2.75, 3.05) is 57.4 Å². The maximum atomic E-state index is 5.47. The highest BCUT2D eigenvalue weighted by Crippen LogP contribution is 2.27. The first-order valence-electron chi connectivity index (χ1n) is 7.37. The predicted octanol–water partition coefficient (Wildman–Crippen LogP) is 2.11. The highest BCUT2D eigenvalue weighted by molar-refractivity contribution is 9.10. The van der Waals surface area contributed by atoms with E-state index in [-0.39, 0.29) is 12.4 Å². The Morgan fingerprint density at radius 2 is 1.81 bits per heavy atom. The van der Waals surface area contributed by atoms with E-state index in [1.807, 2.05) is 0 Å². The van der Waals surface area contributed by atoms with Gasteiger partial charge in [0.15, 0.2) is 0 Å². The predicted molar refractivity (Wildman–Crippen MR) is 92.6 cm³/mol. The van der Waals surface area contributed by atoms with Gasteiger partial charge in [0.05, 0.1) is 13.2 Å². The van der Waals surface area contributed by atoms with E-state index in [9.17, 15) is 0 Å². The molecular formula is C15H23BrClN3O. The highest BCUT2D eigenvalue weighted by Gasteiger charge is 2.17. The van der Waals surface area contributed by atoms with Crippen LogP contribution < -0.4 is 10.2 Å². The van der Waals surface area contributed by atoms with Crippen molar-refractivity contribution < 1.29 is 4.74 Å². The van der Waals surface area contributed by atoms with Gasteiger partial charge in [-0.3, -0.25) is 4.90 Å². The molecule has 3 rings (SSSR count). The Hall–Kier alpha value is -0.330. The zero-order chi connectivity index (χ0) is 13.8. The second kappa shape index (κ2) is 8.34. The molecule has 1 aromatic carbocycles. The van der Waals surface area contributed by atoms with Crippen molar-refractivity contribution in [3.63, 3.8) is 0 Å². The average Bonchev–Trinajstić information content (AvgIpc) is 2.51. The van der Waals surface area contributed by atoms with Crippen LogP contribution in [0.1, 0.15) is 5.56 Å². The third kappa shape index (κ3) is 4.57. The summed E-state index contributed by atoms with van der Waals surface area (Å²) in [5.41, 5.74) is 2.79. The molecule has 4 nitrogen and oxygen atoms in total. The Morgan fingerprint density at radius 3 is 2.52 bits per heavy atom. The van der Waals surface area contributed by atoms with Crippen LogP contribution in [0.25, 0.3) is 0 Å². The van der Waals surface area contributed by atoms with Gasteiger partial charge in [0.25, 0.3) is 0 Å². The van der Waals surface area contributed by atoms with Gasteiger partial charge in [0.2, 0.25) is 0 Å². The van der Waals surface area contributed by atoms with Gasteiger partial charge in [-0.2, -0.15) is 0 Å². The largest absolute Gasteiger partial charge is 0.378 e. The van der Waals surface area contributed by atoms with Crippen LogP contribution in [-0.4, -0.2) is 57.4 Å². The van der Waals surface area contributed by atoms with Crippen molar-refractivity contribution >= 4 is 34.0 Å². The lowest BCUT2D eigenvalue weighted by Crippen LogP contribution is -2.43. The molecule has 0 radical (unpaired) electrons. The SMILES string of the molecule is Brc1ccc(CN2CCNCC2)c(N2CCOCC2)c1.Cl. The number of nitrogens with one attached hydrogen (secondary N) is 1. The topological polar surface area (TPSA) is 27.7 Å². The zero-order valence-electron chi connectivity index (χ0n) is 12.2. The third-order valence-corrected chi connectivity index (χ3v) is 4.50. The van der Waals surface area contributed by atoms with E-state index in [4.69, 9.17) is 4.74 Å². The van der Waals surface area contributed by atoms with Crippen LogP contribution in [0.15, 0.2) is 22.7 Å². The minimum Gasteiger partial charge on any atom is -0.378 e. The number of halogens is 2. The third-order valence-electron chi connectivity index (χ3n) is 4.00. The molecule has 0 aromatic heterocycles. The van der Waals surface area contributed by atoms with Gasteiger partial charge in [-0.1, -0.05) is 22.0 Å². The summed E-state index contributed by atoms with van der Waals surface area (Å²) in [6.45, 7) is 9.17. The quantitative estimate of drug-likeness (QED) is 0.874. The molecule has 118 valence electrons. The van der Waals surface area contributed by atoms with Crippen molar-refractivity contribution in [1.29, 1.82) is 0 Å². The fraction of sp³-hybridized carbons (Fsp3) is 0.600. The molecule has 1 N–H and O–H groups in total. The highest BCUT2D eigenvalue weighted by atomic mass is 79.9. The molecule has 2 aliphatic rings. The summed E-state index contributed by atoms with van der Waals surface area (Å²) in [5.74, 6) is 0. The van der Waals surface area contributed by atoms with E-state index in [0.29, 0.717) is 0 Å². The lowest BCUT2D eigenvalue weighted by atomic mass is 10.1. The Bertz CT molecular complexity index is 449. The van der Waals surface area contributed by atoms with Crippen molar-refractivity contribution in [3.05, 3.63) is 28.2 Å². The Balaban J connectivity index is 0.00000161. The monoisotopic (exact) mass is 375 g/mol. The summed E-state index contributed by atoms with van der Waals surface area (Å²) in [4.78, 5) is 4.98. The molecule has 21 heavy (non-hydrogen) atoms. The maximum Gasteiger partial charge on any atom is 0.0642 e. The molecule has 2 saturated heterocycles. The van der Waals surface area contributed by atoms with Crippen LogP contribution in [0.4, 0.5) is 5.69 Å². The fourth-order valence-electron chi connectivity index (χ4n) is 2.88. The van der Waals surface area contributed by atoms with Gasteiger partial charge in [-0.15, -0.1) is 12.4 Å². The number of morpholine rings is 1. The van der Waals surface area contributed by atoms with E-state index in [1.165, 1.54) is 11.3 Å². The molecule has 0 aliphatic carbocycles. The van der Waals surface area contributed by atoms with Crippen LogP contribution in [0.3, 0.4) is 0 Å².